The van der Waals surface area contributed by atoms with Gasteiger partial charge in [-0.1, -0.05) is 6.08 Å². The average Bonchev–Trinajstić information content (AvgIpc) is 1.98. The minimum atomic E-state index is -0.947. The first-order valence-corrected chi connectivity index (χ1v) is 3.40. The van der Waals surface area contributed by atoms with Crippen molar-refractivity contribution in [1.29, 1.82) is 0 Å². The van der Waals surface area contributed by atoms with E-state index >= 15 is 0 Å². The number of ether oxygens (including phenoxy) is 1. The quantitative estimate of drug-likeness (QED) is 0.586. The molecule has 1 N–H and O–H groups in total. The Bertz CT molecular complexity index is 196. The van der Waals surface area contributed by atoms with Gasteiger partial charge in [-0.3, -0.25) is 4.79 Å². The first kappa shape index (κ1) is 8.17. The lowest BCUT2D eigenvalue weighted by molar-refractivity contribution is -0.147. The van der Waals surface area contributed by atoms with E-state index in [0.29, 0.717) is 6.42 Å². The van der Waals surface area contributed by atoms with Gasteiger partial charge >= 0.3 is 0 Å². The second kappa shape index (κ2) is 3.46. The van der Waals surface area contributed by atoms with Crippen LogP contribution in [-0.2, 0) is 9.53 Å². The number of ketones is 1. The van der Waals surface area contributed by atoms with Crippen molar-refractivity contribution in [3.05, 3.63) is 24.8 Å². The van der Waals surface area contributed by atoms with Crippen LogP contribution in [0.4, 0.5) is 0 Å². The van der Waals surface area contributed by atoms with E-state index in [-0.39, 0.29) is 5.78 Å². The maximum absolute atomic E-state index is 11.0. The Morgan fingerprint density at radius 3 is 3.18 bits per heavy atom. The number of aliphatic hydroxyl groups excluding tert-OH is 1. The molecule has 1 rings (SSSR count). The molecule has 3 heteroatoms. The number of carbonyl (C=O) groups is 1. The highest BCUT2D eigenvalue weighted by molar-refractivity contribution is 5.94. The molecule has 0 aromatic rings. The molecule has 0 bridgehead atoms. The maximum atomic E-state index is 11.0. The largest absolute Gasteiger partial charge is 0.365 e. The second-order valence-corrected chi connectivity index (χ2v) is 2.30. The number of carbonyl (C=O) groups excluding carboxylic acids is 1. The summed E-state index contributed by atoms with van der Waals surface area (Å²) in [5.74, 6) is -0.116. The van der Waals surface area contributed by atoms with Gasteiger partial charge in [-0.15, -0.1) is 6.58 Å². The predicted octanol–water partition coefficient (Wildman–Crippen LogP) is 0.405. The van der Waals surface area contributed by atoms with E-state index in [1.807, 2.05) is 0 Å². The van der Waals surface area contributed by atoms with Crippen LogP contribution in [0.15, 0.2) is 24.8 Å². The van der Waals surface area contributed by atoms with Gasteiger partial charge in [0.15, 0.2) is 12.1 Å². The third-order valence-corrected chi connectivity index (χ3v) is 1.43. The molecule has 2 atom stereocenters. The monoisotopic (exact) mass is 154 g/mol. The normalized spacial score (nSPS) is 30.5. The van der Waals surface area contributed by atoms with E-state index in [1.165, 1.54) is 12.2 Å². The third-order valence-electron chi connectivity index (χ3n) is 1.43. The van der Waals surface area contributed by atoms with Crippen LogP contribution in [0.2, 0.25) is 0 Å². The van der Waals surface area contributed by atoms with E-state index in [1.54, 1.807) is 6.08 Å². The molecule has 3 nitrogen and oxygen atoms in total. The number of hydrogen-bond acceptors (Lipinski definition) is 3. The van der Waals surface area contributed by atoms with Gasteiger partial charge in [0.1, 0.15) is 6.10 Å². The number of rotatable bonds is 2. The van der Waals surface area contributed by atoms with E-state index in [2.05, 4.69) is 6.58 Å². The highest BCUT2D eigenvalue weighted by Gasteiger charge is 2.21. The van der Waals surface area contributed by atoms with E-state index in [0.717, 1.165) is 0 Å². The molecule has 11 heavy (non-hydrogen) atoms. The number of hydrogen-bond donors (Lipinski definition) is 1. The molecule has 0 saturated heterocycles. The van der Waals surface area contributed by atoms with Crippen LogP contribution in [0.1, 0.15) is 6.42 Å². The summed E-state index contributed by atoms with van der Waals surface area (Å²) >= 11 is 0. The van der Waals surface area contributed by atoms with E-state index < -0.39 is 12.4 Å². The Labute approximate surface area is 65.0 Å². The van der Waals surface area contributed by atoms with Crippen LogP contribution in [-0.4, -0.2) is 23.3 Å². The first-order valence-electron chi connectivity index (χ1n) is 3.40. The minimum absolute atomic E-state index is 0.116. The van der Waals surface area contributed by atoms with Gasteiger partial charge in [0.2, 0.25) is 0 Å². The van der Waals surface area contributed by atoms with Crippen molar-refractivity contribution in [2.24, 2.45) is 0 Å². The summed E-state index contributed by atoms with van der Waals surface area (Å²) in [5, 5.41) is 8.93. The van der Waals surface area contributed by atoms with Crippen molar-refractivity contribution in [2.45, 2.75) is 18.8 Å². The zero-order chi connectivity index (χ0) is 8.27. The smallest absolute Gasteiger partial charge is 0.184 e. The van der Waals surface area contributed by atoms with Crippen LogP contribution >= 0.6 is 0 Å². The fourth-order valence-corrected chi connectivity index (χ4v) is 0.888. The lowest BCUT2D eigenvalue weighted by atomic mass is 10.1. The van der Waals surface area contributed by atoms with Crippen molar-refractivity contribution in [3.63, 3.8) is 0 Å². The molecule has 1 aliphatic rings. The Morgan fingerprint density at radius 1 is 1.82 bits per heavy atom. The molecule has 0 spiro atoms. The van der Waals surface area contributed by atoms with Gasteiger partial charge < -0.3 is 9.84 Å². The van der Waals surface area contributed by atoms with Crippen LogP contribution < -0.4 is 0 Å². The van der Waals surface area contributed by atoms with Gasteiger partial charge in [0, 0.05) is 0 Å². The van der Waals surface area contributed by atoms with Gasteiger partial charge in [-0.05, 0) is 18.6 Å². The Balaban J connectivity index is 2.60. The second-order valence-electron chi connectivity index (χ2n) is 2.30. The Kier molecular flexibility index (Phi) is 2.57. The third kappa shape index (κ3) is 2.00. The highest BCUT2D eigenvalue weighted by Crippen LogP contribution is 2.10. The van der Waals surface area contributed by atoms with Gasteiger partial charge in [-0.2, -0.15) is 0 Å². The van der Waals surface area contributed by atoms with Crippen LogP contribution in [0.25, 0.3) is 0 Å². The molecule has 0 unspecified atom stereocenters. The summed E-state index contributed by atoms with van der Waals surface area (Å²) in [5.41, 5.74) is 0. The summed E-state index contributed by atoms with van der Waals surface area (Å²) in [4.78, 5) is 11.0. The molecule has 0 aliphatic carbocycles. The lowest BCUT2D eigenvalue weighted by Gasteiger charge is -2.19. The molecule has 0 aromatic heterocycles. The molecular weight excluding hydrogens is 144 g/mol. The minimum Gasteiger partial charge on any atom is -0.365 e. The van der Waals surface area contributed by atoms with Crippen LogP contribution in [0.5, 0.6) is 0 Å². The van der Waals surface area contributed by atoms with Crippen molar-refractivity contribution in [1.82, 2.24) is 0 Å². The fourth-order valence-electron chi connectivity index (χ4n) is 0.888. The molecule has 0 amide bonds. The Morgan fingerprint density at radius 2 is 2.55 bits per heavy atom. The zero-order valence-corrected chi connectivity index (χ0v) is 6.06. The van der Waals surface area contributed by atoms with Gasteiger partial charge in [-0.25, -0.2) is 0 Å². The van der Waals surface area contributed by atoms with Gasteiger partial charge in [0.05, 0.1) is 0 Å². The SMILES string of the molecule is C=CC[C@H]1O[C@@H](O)C=CC1=O. The highest BCUT2D eigenvalue weighted by atomic mass is 16.6. The molecule has 0 saturated carbocycles. The average molecular weight is 154 g/mol. The molecule has 0 radical (unpaired) electrons. The molecule has 1 heterocycles. The molecule has 0 aromatic carbocycles. The summed E-state index contributed by atoms with van der Waals surface area (Å²) in [6.45, 7) is 3.48. The van der Waals surface area contributed by atoms with Gasteiger partial charge in [0.25, 0.3) is 0 Å². The van der Waals surface area contributed by atoms with Crippen molar-refractivity contribution in [3.8, 4) is 0 Å². The molecular formula is C8H10O3. The van der Waals surface area contributed by atoms with E-state index in [4.69, 9.17) is 9.84 Å². The fraction of sp³-hybridized carbons (Fsp3) is 0.375. The maximum Gasteiger partial charge on any atom is 0.184 e. The predicted molar refractivity (Wildman–Crippen MR) is 39.8 cm³/mol. The van der Waals surface area contributed by atoms with Crippen molar-refractivity contribution >= 4 is 5.78 Å². The zero-order valence-electron chi connectivity index (χ0n) is 6.06. The van der Waals surface area contributed by atoms with Crippen LogP contribution in [0.3, 0.4) is 0 Å². The molecule has 0 fully saturated rings. The summed E-state index contributed by atoms with van der Waals surface area (Å²) < 4.78 is 4.89. The van der Waals surface area contributed by atoms with Crippen molar-refractivity contribution in [2.75, 3.05) is 0 Å². The topological polar surface area (TPSA) is 46.5 Å². The number of aliphatic hydroxyl groups is 1. The molecule has 1 aliphatic heterocycles. The van der Waals surface area contributed by atoms with Crippen molar-refractivity contribution < 1.29 is 14.6 Å². The summed E-state index contributed by atoms with van der Waals surface area (Å²) in [6, 6.07) is 0. The summed E-state index contributed by atoms with van der Waals surface area (Å²) in [7, 11) is 0. The summed E-state index contributed by atoms with van der Waals surface area (Å²) in [6.07, 6.45) is 3.20. The Hall–Kier alpha value is -0.930. The van der Waals surface area contributed by atoms with Crippen LogP contribution in [0, 0.1) is 0 Å². The standard InChI is InChI=1S/C8H10O3/c1-2-3-7-6(9)4-5-8(10)11-7/h2,4-5,7-8,10H,1,3H2/t7-,8-/m1/s1. The molecule has 60 valence electrons. The van der Waals surface area contributed by atoms with E-state index in [9.17, 15) is 4.79 Å². The lowest BCUT2D eigenvalue weighted by Crippen LogP contribution is -2.30. The first-order chi connectivity index (χ1) is 5.24.